The summed E-state index contributed by atoms with van der Waals surface area (Å²) in [7, 11) is 0. The van der Waals surface area contributed by atoms with E-state index in [4.69, 9.17) is 0 Å². The molecule has 1 heterocycles. The van der Waals surface area contributed by atoms with Crippen LogP contribution in [0.5, 0.6) is 0 Å². The molecule has 0 unspecified atom stereocenters. The van der Waals surface area contributed by atoms with E-state index in [1.54, 1.807) is 0 Å². The lowest BCUT2D eigenvalue weighted by molar-refractivity contribution is -0.384. The lowest BCUT2D eigenvalue weighted by Gasteiger charge is -2.06. The minimum atomic E-state index is -0.818. The van der Waals surface area contributed by atoms with Crippen LogP contribution in [0.3, 0.4) is 0 Å². The van der Waals surface area contributed by atoms with Crippen molar-refractivity contribution in [3.63, 3.8) is 0 Å². The van der Waals surface area contributed by atoms with Crippen molar-refractivity contribution >= 4 is 23.4 Å². The molecule has 0 N–H and O–H groups in total. The normalized spacial score (nSPS) is 13.8. The van der Waals surface area contributed by atoms with Crippen LogP contribution in [0.2, 0.25) is 0 Å². The number of non-ortho nitro benzene ring substituents is 1. The maximum atomic E-state index is 11.7. The first-order valence-corrected chi connectivity index (χ1v) is 4.61. The van der Waals surface area contributed by atoms with Crippen LogP contribution in [0.1, 0.15) is 27.6 Å². The molecule has 1 aliphatic heterocycles. The summed E-state index contributed by atoms with van der Waals surface area (Å²) in [4.78, 5) is 44.8. The van der Waals surface area contributed by atoms with Crippen molar-refractivity contribution in [2.75, 3.05) is 0 Å². The number of rotatable bonds is 1. The Kier molecular flexibility index (Phi) is 2.24. The van der Waals surface area contributed by atoms with Crippen molar-refractivity contribution in [3.8, 4) is 0 Å². The molecule has 17 heavy (non-hydrogen) atoms. The SMILES string of the molecule is CC(=O)N1C(=O)c2ccc([N+](=O)[O-])cc2C1=O. The van der Waals surface area contributed by atoms with Gasteiger partial charge < -0.3 is 0 Å². The third-order valence-corrected chi connectivity index (χ3v) is 2.40. The van der Waals surface area contributed by atoms with E-state index in [0.717, 1.165) is 19.1 Å². The van der Waals surface area contributed by atoms with E-state index in [1.807, 2.05) is 0 Å². The minimum Gasteiger partial charge on any atom is -0.274 e. The number of carbonyl (C=O) groups is 3. The van der Waals surface area contributed by atoms with Crippen LogP contribution in [0.25, 0.3) is 0 Å². The van der Waals surface area contributed by atoms with Gasteiger partial charge in [-0.3, -0.25) is 24.5 Å². The van der Waals surface area contributed by atoms with Crippen molar-refractivity contribution in [1.82, 2.24) is 4.90 Å². The predicted octanol–water partition coefficient (Wildman–Crippen LogP) is 0.737. The van der Waals surface area contributed by atoms with Crippen molar-refractivity contribution in [3.05, 3.63) is 39.4 Å². The molecule has 0 bridgehead atoms. The van der Waals surface area contributed by atoms with Gasteiger partial charge in [0.15, 0.2) is 0 Å². The van der Waals surface area contributed by atoms with Gasteiger partial charge in [-0.15, -0.1) is 0 Å². The molecule has 3 amide bonds. The van der Waals surface area contributed by atoms with E-state index in [1.165, 1.54) is 6.07 Å². The number of nitro groups is 1. The number of amides is 3. The van der Waals surface area contributed by atoms with Gasteiger partial charge in [0.1, 0.15) is 0 Å². The van der Waals surface area contributed by atoms with E-state index in [-0.39, 0.29) is 16.8 Å². The topological polar surface area (TPSA) is 97.6 Å². The molecule has 1 aromatic rings. The van der Waals surface area contributed by atoms with Gasteiger partial charge >= 0.3 is 0 Å². The predicted molar refractivity (Wildman–Crippen MR) is 54.3 cm³/mol. The van der Waals surface area contributed by atoms with Gasteiger partial charge in [0.2, 0.25) is 5.91 Å². The molecule has 2 rings (SSSR count). The van der Waals surface area contributed by atoms with Gasteiger partial charge in [0.05, 0.1) is 16.1 Å². The smallest absolute Gasteiger partial charge is 0.270 e. The minimum absolute atomic E-state index is 0.0100. The van der Waals surface area contributed by atoms with Crippen molar-refractivity contribution in [2.45, 2.75) is 6.92 Å². The molecule has 0 aromatic heterocycles. The zero-order valence-electron chi connectivity index (χ0n) is 8.67. The fraction of sp³-hybridized carbons (Fsp3) is 0.100. The molecule has 0 aliphatic carbocycles. The Morgan fingerprint density at radius 1 is 1.24 bits per heavy atom. The average Bonchev–Trinajstić information content (AvgIpc) is 2.51. The van der Waals surface area contributed by atoms with Crippen LogP contribution in [-0.4, -0.2) is 27.5 Å². The molecule has 0 saturated heterocycles. The van der Waals surface area contributed by atoms with Crippen LogP contribution in [-0.2, 0) is 4.79 Å². The lowest BCUT2D eigenvalue weighted by atomic mass is 10.1. The van der Waals surface area contributed by atoms with Gasteiger partial charge in [-0.25, -0.2) is 4.90 Å². The second-order valence-electron chi connectivity index (χ2n) is 3.45. The van der Waals surface area contributed by atoms with Crippen LogP contribution >= 0.6 is 0 Å². The fourth-order valence-electron chi connectivity index (χ4n) is 1.63. The molecular formula is C10H6N2O5. The van der Waals surface area contributed by atoms with Crippen molar-refractivity contribution < 1.29 is 19.3 Å². The first-order valence-electron chi connectivity index (χ1n) is 4.61. The summed E-state index contributed by atoms with van der Waals surface area (Å²) in [6.07, 6.45) is 0. The van der Waals surface area contributed by atoms with E-state index in [2.05, 4.69) is 0 Å². The standard InChI is InChI=1S/C10H6N2O5/c1-5(13)11-9(14)7-3-2-6(12(16)17)4-8(7)10(11)15/h2-4H,1H3. The number of imide groups is 3. The highest BCUT2D eigenvalue weighted by molar-refractivity contribution is 6.28. The van der Waals surface area contributed by atoms with Crippen LogP contribution in [0.4, 0.5) is 5.69 Å². The highest BCUT2D eigenvalue weighted by Gasteiger charge is 2.39. The Bertz CT molecular complexity index is 578. The van der Waals surface area contributed by atoms with E-state index in [0.29, 0.717) is 4.90 Å². The van der Waals surface area contributed by atoms with Gasteiger partial charge in [0.25, 0.3) is 17.5 Å². The molecule has 0 spiro atoms. The fourth-order valence-corrected chi connectivity index (χ4v) is 1.63. The zero-order valence-corrected chi connectivity index (χ0v) is 8.67. The van der Waals surface area contributed by atoms with Crippen LogP contribution in [0.15, 0.2) is 18.2 Å². The number of hydrogen-bond acceptors (Lipinski definition) is 5. The Hall–Kier alpha value is -2.57. The lowest BCUT2D eigenvalue weighted by Crippen LogP contribution is -2.33. The van der Waals surface area contributed by atoms with E-state index < -0.39 is 22.6 Å². The third kappa shape index (κ3) is 1.48. The van der Waals surface area contributed by atoms with Gasteiger partial charge in [-0.05, 0) is 6.07 Å². The average molecular weight is 234 g/mol. The summed E-state index contributed by atoms with van der Waals surface area (Å²) in [6, 6.07) is 3.29. The summed E-state index contributed by atoms with van der Waals surface area (Å²) in [5.41, 5.74) is -0.398. The monoisotopic (exact) mass is 234 g/mol. The van der Waals surface area contributed by atoms with Gasteiger partial charge in [-0.2, -0.15) is 0 Å². The molecule has 0 atom stereocenters. The second kappa shape index (κ2) is 3.48. The summed E-state index contributed by atoms with van der Waals surface area (Å²) in [5, 5.41) is 10.5. The van der Waals surface area contributed by atoms with Crippen LogP contribution < -0.4 is 0 Å². The number of nitro benzene ring substituents is 1. The molecule has 0 fully saturated rings. The molecule has 1 aliphatic rings. The molecular weight excluding hydrogens is 228 g/mol. The number of carbonyl (C=O) groups excluding carboxylic acids is 3. The molecule has 86 valence electrons. The number of nitrogens with zero attached hydrogens (tertiary/aromatic N) is 2. The number of fused-ring (bicyclic) bond motifs is 1. The third-order valence-electron chi connectivity index (χ3n) is 2.40. The quantitative estimate of drug-likeness (QED) is 0.405. The van der Waals surface area contributed by atoms with Gasteiger partial charge in [-0.1, -0.05) is 0 Å². The molecule has 7 nitrogen and oxygen atoms in total. The molecule has 0 saturated carbocycles. The van der Waals surface area contributed by atoms with Crippen molar-refractivity contribution in [1.29, 1.82) is 0 Å². The zero-order chi connectivity index (χ0) is 12.7. The summed E-state index contributed by atoms with van der Waals surface area (Å²) in [5.74, 6) is -2.27. The molecule has 0 radical (unpaired) electrons. The highest BCUT2D eigenvalue weighted by atomic mass is 16.6. The maximum absolute atomic E-state index is 11.7. The van der Waals surface area contributed by atoms with Crippen LogP contribution in [0, 0.1) is 10.1 Å². The number of benzene rings is 1. The summed E-state index contributed by atoms with van der Waals surface area (Å²) >= 11 is 0. The maximum Gasteiger partial charge on any atom is 0.270 e. The Morgan fingerprint density at radius 2 is 1.82 bits per heavy atom. The Morgan fingerprint density at radius 3 is 2.35 bits per heavy atom. The molecule has 7 heteroatoms. The largest absolute Gasteiger partial charge is 0.274 e. The van der Waals surface area contributed by atoms with E-state index in [9.17, 15) is 24.5 Å². The summed E-state index contributed by atoms with van der Waals surface area (Å²) < 4.78 is 0. The Labute approximate surface area is 94.8 Å². The summed E-state index contributed by atoms with van der Waals surface area (Å²) in [6.45, 7) is 1.08. The molecule has 1 aromatic carbocycles. The first-order chi connectivity index (χ1) is 7.93. The van der Waals surface area contributed by atoms with Gasteiger partial charge in [0, 0.05) is 19.1 Å². The van der Waals surface area contributed by atoms with Crippen molar-refractivity contribution in [2.24, 2.45) is 0 Å². The Balaban J connectivity index is 2.58. The highest BCUT2D eigenvalue weighted by Crippen LogP contribution is 2.26. The second-order valence-corrected chi connectivity index (χ2v) is 3.45. The first kappa shape index (κ1) is 10.9. The van der Waals surface area contributed by atoms with E-state index >= 15 is 0 Å². The number of hydrogen-bond donors (Lipinski definition) is 0.